The summed E-state index contributed by atoms with van der Waals surface area (Å²) in [7, 11) is 4.60. The summed E-state index contributed by atoms with van der Waals surface area (Å²) < 4.78 is 16.0. The van der Waals surface area contributed by atoms with Crippen molar-refractivity contribution in [3.05, 3.63) is 94.8 Å². The van der Waals surface area contributed by atoms with Crippen molar-refractivity contribution >= 4 is 5.91 Å². The zero-order chi connectivity index (χ0) is 28.1. The van der Waals surface area contributed by atoms with Crippen LogP contribution in [-0.4, -0.2) is 68.2 Å². The minimum absolute atomic E-state index is 0. The van der Waals surface area contributed by atoms with Gasteiger partial charge in [0.05, 0.1) is 33.2 Å². The van der Waals surface area contributed by atoms with Crippen molar-refractivity contribution in [1.29, 1.82) is 0 Å². The molecule has 0 aromatic heterocycles. The van der Waals surface area contributed by atoms with E-state index in [0.717, 1.165) is 61.3 Å². The van der Waals surface area contributed by atoms with Crippen molar-refractivity contribution in [3.63, 3.8) is 0 Å². The second kappa shape index (κ2) is 14.1. The molecule has 2 saturated heterocycles. The molecule has 5 rings (SSSR count). The molecular weight excluding hydrogens is 579 g/mol. The van der Waals surface area contributed by atoms with Gasteiger partial charge < -0.3 is 32.1 Å². The van der Waals surface area contributed by atoms with Gasteiger partial charge in [-0.2, -0.15) is 0 Å². The Morgan fingerprint density at radius 3 is 2.54 bits per heavy atom. The fourth-order valence-corrected chi connectivity index (χ4v) is 5.99. The molecule has 5 nitrogen and oxygen atoms in total. The van der Waals surface area contributed by atoms with E-state index in [1.54, 1.807) is 6.07 Å². The van der Waals surface area contributed by atoms with E-state index in [2.05, 4.69) is 54.8 Å². The lowest BCUT2D eigenvalue weighted by atomic mass is 9.90. The van der Waals surface area contributed by atoms with Crippen LogP contribution < -0.4 is 27.6 Å². The first-order valence-electron chi connectivity index (χ1n) is 14.8. The van der Waals surface area contributed by atoms with E-state index in [9.17, 15) is 9.18 Å². The molecule has 1 atom stereocenters. The van der Waals surface area contributed by atoms with Crippen molar-refractivity contribution in [1.82, 2.24) is 15.5 Å². The molecule has 0 aliphatic carbocycles. The van der Waals surface area contributed by atoms with Crippen LogP contribution in [0.3, 0.4) is 0 Å². The van der Waals surface area contributed by atoms with Gasteiger partial charge in [-0.1, -0.05) is 36.4 Å². The van der Waals surface area contributed by atoms with Gasteiger partial charge in [0.1, 0.15) is 5.82 Å². The number of carbonyl (C=O) groups excluding carboxylic acids is 1. The number of halogens is 2. The molecule has 3 aromatic rings. The molecule has 2 aliphatic heterocycles. The number of quaternary nitrogens is 1. The van der Waals surface area contributed by atoms with Crippen LogP contribution in [0.2, 0.25) is 0 Å². The molecule has 3 aromatic carbocycles. The van der Waals surface area contributed by atoms with Crippen LogP contribution in [0.25, 0.3) is 11.1 Å². The molecule has 0 bridgehead atoms. The van der Waals surface area contributed by atoms with Crippen LogP contribution in [0, 0.1) is 11.7 Å². The van der Waals surface area contributed by atoms with Gasteiger partial charge in [0, 0.05) is 30.8 Å². The van der Waals surface area contributed by atoms with Crippen LogP contribution in [0.1, 0.15) is 46.8 Å². The zero-order valence-electron chi connectivity index (χ0n) is 24.6. The quantitative estimate of drug-likeness (QED) is 0.379. The predicted octanol–water partition coefficient (Wildman–Crippen LogP) is 2.25. The minimum Gasteiger partial charge on any atom is -1.00 e. The molecule has 220 valence electrons. The lowest BCUT2D eigenvalue weighted by Crippen LogP contribution is -3.00. The molecule has 7 heteroatoms. The van der Waals surface area contributed by atoms with Crippen LogP contribution in [0.5, 0.6) is 0 Å². The average molecular weight is 624 g/mol. The summed E-state index contributed by atoms with van der Waals surface area (Å²) in [6, 6.07) is 21.9. The standard InChI is InChI=1S/C34H43FN4O.BrH/c1-25-23-38(16-17-39(25,2)3)24-29-7-5-8-30(20-29)32-21-28(10-11-33(32)35)22-37-34(40)31-9-4-6-27(19-31)18-26-12-14-36-15-13-26;/h4-11,19-21,25-26,36H,12-18,22-24H2,1-3H3;1H/t25-;/m0./s1. The lowest BCUT2D eigenvalue weighted by molar-refractivity contribution is -0.917. The van der Waals surface area contributed by atoms with Gasteiger partial charge >= 0.3 is 0 Å². The first kappa shape index (κ1) is 31.4. The summed E-state index contributed by atoms with van der Waals surface area (Å²) in [5.41, 5.74) is 5.41. The van der Waals surface area contributed by atoms with E-state index in [4.69, 9.17) is 0 Å². The van der Waals surface area contributed by atoms with E-state index in [1.807, 2.05) is 36.4 Å². The van der Waals surface area contributed by atoms with Crippen LogP contribution in [-0.2, 0) is 19.5 Å². The molecule has 41 heavy (non-hydrogen) atoms. The second-order valence-electron chi connectivity index (χ2n) is 12.4. The van der Waals surface area contributed by atoms with E-state index in [1.165, 1.54) is 30.0 Å². The smallest absolute Gasteiger partial charge is 0.251 e. The van der Waals surface area contributed by atoms with E-state index >= 15 is 0 Å². The number of carbonyl (C=O) groups is 1. The fraction of sp³-hybridized carbons (Fsp3) is 0.441. The molecule has 2 fully saturated rings. The maximum Gasteiger partial charge on any atom is 0.251 e. The SMILES string of the molecule is C[C@H]1CN(Cc2cccc(-c3cc(CNC(=O)c4cccc(CC5CCNCC5)c4)ccc3F)c2)CC[N+]1(C)C.[Br-]. The lowest BCUT2D eigenvalue weighted by Gasteiger charge is -2.44. The highest BCUT2D eigenvalue weighted by molar-refractivity contribution is 5.94. The molecular formula is C34H44BrFN4O. The number of rotatable bonds is 8. The summed E-state index contributed by atoms with van der Waals surface area (Å²) in [6.07, 6.45) is 3.37. The summed E-state index contributed by atoms with van der Waals surface area (Å²) in [5.74, 6) is 0.326. The normalized spacial score (nSPS) is 19.4. The van der Waals surface area contributed by atoms with Gasteiger partial charge in [0.25, 0.3) is 5.91 Å². The maximum absolute atomic E-state index is 15.0. The summed E-state index contributed by atoms with van der Waals surface area (Å²) in [6.45, 7) is 8.93. The summed E-state index contributed by atoms with van der Waals surface area (Å²) in [5, 5.41) is 6.45. The van der Waals surface area contributed by atoms with Gasteiger partial charge in [-0.05, 0) is 97.8 Å². The number of amides is 1. The molecule has 2 N–H and O–H groups in total. The van der Waals surface area contributed by atoms with Gasteiger partial charge in [-0.25, -0.2) is 4.39 Å². The Morgan fingerprint density at radius 1 is 1.00 bits per heavy atom. The third kappa shape index (κ3) is 8.25. The third-order valence-electron chi connectivity index (χ3n) is 9.01. The number of piperazine rings is 1. The van der Waals surface area contributed by atoms with Crippen molar-refractivity contribution < 1.29 is 30.6 Å². The highest BCUT2D eigenvalue weighted by Gasteiger charge is 2.31. The van der Waals surface area contributed by atoms with E-state index in [0.29, 0.717) is 29.6 Å². The van der Waals surface area contributed by atoms with Crippen molar-refractivity contribution in [2.24, 2.45) is 5.92 Å². The van der Waals surface area contributed by atoms with Crippen LogP contribution >= 0.6 is 0 Å². The first-order valence-corrected chi connectivity index (χ1v) is 14.8. The highest BCUT2D eigenvalue weighted by atomic mass is 79.9. The molecule has 1 amide bonds. The highest BCUT2D eigenvalue weighted by Crippen LogP contribution is 2.26. The summed E-state index contributed by atoms with van der Waals surface area (Å²) >= 11 is 0. The minimum atomic E-state index is -0.247. The monoisotopic (exact) mass is 622 g/mol. The Balaban J connectivity index is 0.00000387. The molecule has 2 aliphatic rings. The topological polar surface area (TPSA) is 44.4 Å². The van der Waals surface area contributed by atoms with Crippen LogP contribution in [0.4, 0.5) is 4.39 Å². The second-order valence-corrected chi connectivity index (χ2v) is 12.4. The number of likely N-dealkylation sites (N-methyl/N-ethyl adjacent to an activating group) is 1. The Labute approximate surface area is 255 Å². The molecule has 0 saturated carbocycles. The number of benzene rings is 3. The van der Waals surface area contributed by atoms with Crippen molar-refractivity contribution in [2.45, 2.75) is 45.3 Å². The van der Waals surface area contributed by atoms with Crippen molar-refractivity contribution in [2.75, 3.05) is 46.8 Å². The number of hydrogen-bond acceptors (Lipinski definition) is 3. The van der Waals surface area contributed by atoms with Gasteiger partial charge in [0.15, 0.2) is 0 Å². The Morgan fingerprint density at radius 2 is 1.76 bits per heavy atom. The number of piperidine rings is 1. The largest absolute Gasteiger partial charge is 1.00 e. The van der Waals surface area contributed by atoms with Gasteiger partial charge in [0.2, 0.25) is 0 Å². The molecule has 0 radical (unpaired) electrons. The Bertz CT molecular complexity index is 1320. The summed E-state index contributed by atoms with van der Waals surface area (Å²) in [4.78, 5) is 15.5. The van der Waals surface area contributed by atoms with Crippen LogP contribution in [0.15, 0.2) is 66.7 Å². The fourth-order valence-electron chi connectivity index (χ4n) is 5.99. The van der Waals surface area contributed by atoms with E-state index in [-0.39, 0.29) is 28.7 Å². The average Bonchev–Trinajstić information content (AvgIpc) is 2.95. The number of hydrogen-bond donors (Lipinski definition) is 2. The Kier molecular flexibility index (Phi) is 10.8. The van der Waals surface area contributed by atoms with Crippen molar-refractivity contribution in [3.8, 4) is 11.1 Å². The Hall–Kier alpha value is -2.58. The van der Waals surface area contributed by atoms with E-state index < -0.39 is 0 Å². The molecule has 2 heterocycles. The number of nitrogens with one attached hydrogen (secondary N) is 2. The molecule has 0 spiro atoms. The zero-order valence-corrected chi connectivity index (χ0v) is 26.2. The third-order valence-corrected chi connectivity index (χ3v) is 9.01. The predicted molar refractivity (Wildman–Crippen MR) is 160 cm³/mol. The van der Waals surface area contributed by atoms with Gasteiger partial charge in [-0.15, -0.1) is 0 Å². The van der Waals surface area contributed by atoms with Gasteiger partial charge in [-0.3, -0.25) is 9.69 Å². The number of nitrogens with zero attached hydrogens (tertiary/aromatic N) is 2. The maximum atomic E-state index is 15.0. The molecule has 0 unspecified atom stereocenters. The first-order chi connectivity index (χ1) is 19.3.